The van der Waals surface area contributed by atoms with E-state index in [-0.39, 0.29) is 6.04 Å². The van der Waals surface area contributed by atoms with Gasteiger partial charge >= 0.3 is 0 Å². The van der Waals surface area contributed by atoms with Gasteiger partial charge in [0.15, 0.2) is 0 Å². The lowest BCUT2D eigenvalue weighted by atomic mass is 10.00. The number of ether oxygens (including phenoxy) is 2. The molecule has 1 aromatic carbocycles. The molecule has 0 bridgehead atoms. The lowest BCUT2D eigenvalue weighted by Gasteiger charge is -2.25. The second-order valence-electron chi connectivity index (χ2n) is 5.28. The van der Waals surface area contributed by atoms with E-state index in [2.05, 4.69) is 12.2 Å². The van der Waals surface area contributed by atoms with Crippen LogP contribution in [0.3, 0.4) is 0 Å². The topological polar surface area (TPSA) is 50.7 Å². The fourth-order valence-electron chi connectivity index (χ4n) is 2.60. The summed E-state index contributed by atoms with van der Waals surface area (Å²) in [7, 11) is 1.64. The molecule has 112 valence electrons. The zero-order chi connectivity index (χ0) is 14.4. The van der Waals surface area contributed by atoms with Crippen LogP contribution >= 0.6 is 0 Å². The number of methoxy groups -OCH3 is 1. The highest BCUT2D eigenvalue weighted by molar-refractivity contribution is 5.29. The highest BCUT2D eigenvalue weighted by Gasteiger charge is 2.22. The average Bonchev–Trinajstić information content (AvgIpc) is 3.01. The van der Waals surface area contributed by atoms with Gasteiger partial charge in [0.25, 0.3) is 0 Å². The minimum Gasteiger partial charge on any atom is -0.497 e. The van der Waals surface area contributed by atoms with Gasteiger partial charge in [0.2, 0.25) is 0 Å². The Labute approximate surface area is 121 Å². The van der Waals surface area contributed by atoms with Crippen LogP contribution in [0.15, 0.2) is 24.3 Å². The van der Waals surface area contributed by atoms with Gasteiger partial charge in [-0.1, -0.05) is 19.1 Å². The molecular weight excluding hydrogens is 254 g/mol. The highest BCUT2D eigenvalue weighted by atomic mass is 16.5. The summed E-state index contributed by atoms with van der Waals surface area (Å²) >= 11 is 0. The Bertz CT molecular complexity index is 387. The fraction of sp³-hybridized carbons (Fsp3) is 0.625. The van der Waals surface area contributed by atoms with Crippen LogP contribution in [0, 0.1) is 0 Å². The first-order valence-electron chi connectivity index (χ1n) is 7.41. The van der Waals surface area contributed by atoms with Crippen molar-refractivity contribution < 1.29 is 14.6 Å². The number of hydrogen-bond acceptors (Lipinski definition) is 4. The van der Waals surface area contributed by atoms with E-state index in [1.54, 1.807) is 7.11 Å². The Hall–Kier alpha value is -1.10. The van der Waals surface area contributed by atoms with Gasteiger partial charge in [0.05, 0.1) is 19.3 Å². The maximum atomic E-state index is 10.5. The number of aliphatic hydroxyl groups is 1. The molecule has 1 saturated heterocycles. The van der Waals surface area contributed by atoms with Crippen molar-refractivity contribution >= 4 is 0 Å². The smallest absolute Gasteiger partial charge is 0.118 e. The zero-order valence-corrected chi connectivity index (χ0v) is 12.3. The molecule has 1 heterocycles. The van der Waals surface area contributed by atoms with Crippen LogP contribution in [0.2, 0.25) is 0 Å². The molecule has 0 aliphatic carbocycles. The molecule has 1 aromatic rings. The fourth-order valence-corrected chi connectivity index (χ4v) is 2.60. The third kappa shape index (κ3) is 3.95. The van der Waals surface area contributed by atoms with E-state index in [9.17, 15) is 5.11 Å². The summed E-state index contributed by atoms with van der Waals surface area (Å²) < 4.78 is 10.7. The van der Waals surface area contributed by atoms with Crippen LogP contribution in [-0.2, 0) is 4.74 Å². The van der Waals surface area contributed by atoms with E-state index >= 15 is 0 Å². The number of benzene rings is 1. The van der Waals surface area contributed by atoms with Crippen LogP contribution in [0.25, 0.3) is 0 Å². The first-order valence-corrected chi connectivity index (χ1v) is 7.41. The third-order valence-corrected chi connectivity index (χ3v) is 3.91. The normalized spacial score (nSPS) is 21.6. The maximum Gasteiger partial charge on any atom is 0.118 e. The van der Waals surface area contributed by atoms with Crippen LogP contribution in [-0.4, -0.2) is 37.5 Å². The first-order chi connectivity index (χ1) is 9.74. The minimum absolute atomic E-state index is 0.0487. The van der Waals surface area contributed by atoms with Crippen molar-refractivity contribution in [3.05, 3.63) is 29.8 Å². The molecule has 4 nitrogen and oxygen atoms in total. The van der Waals surface area contributed by atoms with Crippen molar-refractivity contribution in [3.8, 4) is 5.75 Å². The molecule has 1 fully saturated rings. The van der Waals surface area contributed by atoms with Crippen molar-refractivity contribution in [1.82, 2.24) is 5.32 Å². The lowest BCUT2D eigenvalue weighted by molar-refractivity contribution is 0.0866. The molecule has 0 radical (unpaired) electrons. The lowest BCUT2D eigenvalue weighted by Crippen LogP contribution is -2.39. The van der Waals surface area contributed by atoms with Gasteiger partial charge in [-0.3, -0.25) is 0 Å². The van der Waals surface area contributed by atoms with E-state index < -0.39 is 6.10 Å². The summed E-state index contributed by atoms with van der Waals surface area (Å²) in [4.78, 5) is 0. The van der Waals surface area contributed by atoms with Crippen molar-refractivity contribution in [2.75, 3.05) is 20.3 Å². The second kappa shape index (κ2) is 7.62. The van der Waals surface area contributed by atoms with Crippen LogP contribution < -0.4 is 10.1 Å². The maximum absolute atomic E-state index is 10.5. The summed E-state index contributed by atoms with van der Waals surface area (Å²) in [5, 5.41) is 13.9. The molecule has 3 atom stereocenters. The molecule has 4 heteroatoms. The van der Waals surface area contributed by atoms with Gasteiger partial charge in [-0.05, 0) is 37.0 Å². The Kier molecular flexibility index (Phi) is 5.83. The number of nitrogens with one attached hydrogen (secondary N) is 1. The van der Waals surface area contributed by atoms with E-state index in [1.807, 2.05) is 24.3 Å². The Morgan fingerprint density at radius 1 is 1.40 bits per heavy atom. The Balaban J connectivity index is 1.90. The summed E-state index contributed by atoms with van der Waals surface area (Å²) in [6, 6.07) is 7.64. The predicted octanol–water partition coefficient (Wildman–Crippen LogP) is 2.28. The zero-order valence-electron chi connectivity index (χ0n) is 12.3. The van der Waals surface area contributed by atoms with E-state index in [4.69, 9.17) is 9.47 Å². The third-order valence-electron chi connectivity index (χ3n) is 3.91. The molecular formula is C16H25NO3. The molecule has 1 aliphatic rings. The summed E-state index contributed by atoms with van der Waals surface area (Å²) in [5.41, 5.74) is 0.914. The number of hydrogen-bond donors (Lipinski definition) is 2. The summed E-state index contributed by atoms with van der Waals surface area (Å²) in [5.74, 6) is 0.807. The minimum atomic E-state index is -0.507. The number of rotatable bonds is 7. The Morgan fingerprint density at radius 3 is 2.70 bits per heavy atom. The standard InChI is InChI=1S/C16H25NO3/c1-3-15(17-11-14-5-4-10-20-14)16(18)12-6-8-13(19-2)9-7-12/h6-9,14-18H,3-5,10-11H2,1-2H3. The predicted molar refractivity (Wildman–Crippen MR) is 79.0 cm³/mol. The monoisotopic (exact) mass is 279 g/mol. The molecule has 2 rings (SSSR count). The molecule has 20 heavy (non-hydrogen) atoms. The van der Waals surface area contributed by atoms with Gasteiger partial charge in [-0.2, -0.15) is 0 Å². The molecule has 0 amide bonds. The van der Waals surface area contributed by atoms with Gasteiger partial charge in [0, 0.05) is 19.2 Å². The number of aliphatic hydroxyl groups excluding tert-OH is 1. The van der Waals surface area contributed by atoms with Crippen LogP contribution in [0.4, 0.5) is 0 Å². The highest BCUT2D eigenvalue weighted by Crippen LogP contribution is 2.22. The van der Waals surface area contributed by atoms with E-state index in [0.29, 0.717) is 6.10 Å². The second-order valence-corrected chi connectivity index (χ2v) is 5.28. The SMILES string of the molecule is CCC(NCC1CCCO1)C(O)c1ccc(OC)cc1. The molecule has 0 saturated carbocycles. The van der Waals surface area contributed by atoms with Crippen molar-refractivity contribution in [1.29, 1.82) is 0 Å². The molecule has 0 spiro atoms. The van der Waals surface area contributed by atoms with Crippen molar-refractivity contribution in [3.63, 3.8) is 0 Å². The van der Waals surface area contributed by atoms with Gasteiger partial charge in [-0.25, -0.2) is 0 Å². The van der Waals surface area contributed by atoms with Crippen molar-refractivity contribution in [2.24, 2.45) is 0 Å². The van der Waals surface area contributed by atoms with Gasteiger partial charge in [0.1, 0.15) is 5.75 Å². The van der Waals surface area contributed by atoms with Gasteiger partial charge in [-0.15, -0.1) is 0 Å². The first kappa shape index (κ1) is 15.3. The molecule has 2 N–H and O–H groups in total. The molecule has 0 aromatic heterocycles. The summed E-state index contributed by atoms with van der Waals surface area (Å²) in [6.45, 7) is 3.76. The Morgan fingerprint density at radius 2 is 2.15 bits per heavy atom. The average molecular weight is 279 g/mol. The quantitative estimate of drug-likeness (QED) is 0.804. The van der Waals surface area contributed by atoms with Gasteiger partial charge < -0.3 is 19.9 Å². The largest absolute Gasteiger partial charge is 0.497 e. The van der Waals surface area contributed by atoms with E-state index in [0.717, 1.165) is 43.7 Å². The summed E-state index contributed by atoms with van der Waals surface area (Å²) in [6.07, 6.45) is 2.92. The van der Waals surface area contributed by atoms with Crippen molar-refractivity contribution in [2.45, 2.75) is 44.4 Å². The molecule has 1 aliphatic heterocycles. The van der Waals surface area contributed by atoms with Crippen LogP contribution in [0.5, 0.6) is 5.75 Å². The molecule has 3 unspecified atom stereocenters. The van der Waals surface area contributed by atoms with E-state index in [1.165, 1.54) is 0 Å². The van der Waals surface area contributed by atoms with Crippen LogP contribution in [0.1, 0.15) is 37.9 Å².